The van der Waals surface area contributed by atoms with Crippen molar-refractivity contribution in [1.29, 1.82) is 0 Å². The fraction of sp³-hybridized carbons (Fsp3) is 0.357. The third kappa shape index (κ3) is 2.92. The molecule has 1 aromatic heterocycles. The molecule has 2 rings (SSSR count). The van der Waals surface area contributed by atoms with Crippen LogP contribution in [-0.4, -0.2) is 4.98 Å². The largest absolute Gasteiger partial charge is 0.439 e. The lowest BCUT2D eigenvalue weighted by molar-refractivity contribution is 0.421. The van der Waals surface area contributed by atoms with Crippen LogP contribution in [0.3, 0.4) is 0 Å². The van der Waals surface area contributed by atoms with Crippen LogP contribution in [0.1, 0.15) is 32.1 Å². The van der Waals surface area contributed by atoms with E-state index in [1.807, 2.05) is 24.3 Å². The second-order valence-electron chi connectivity index (χ2n) is 4.78. The summed E-state index contributed by atoms with van der Waals surface area (Å²) in [6.45, 7) is 4.26. The Kier molecular flexibility index (Phi) is 4.04. The number of hydrogen-bond acceptors (Lipinski definition) is 3. The molecule has 1 unspecified atom stereocenters. The third-order valence-corrected chi connectivity index (χ3v) is 3.05. The Morgan fingerprint density at radius 3 is 2.72 bits per heavy atom. The van der Waals surface area contributed by atoms with Crippen molar-refractivity contribution >= 4 is 11.6 Å². The third-order valence-electron chi connectivity index (χ3n) is 2.72. The van der Waals surface area contributed by atoms with Crippen LogP contribution in [0.25, 0.3) is 11.5 Å². The van der Waals surface area contributed by atoms with E-state index in [2.05, 4.69) is 18.8 Å². The van der Waals surface area contributed by atoms with E-state index in [-0.39, 0.29) is 6.04 Å². The van der Waals surface area contributed by atoms with Crippen LogP contribution < -0.4 is 5.73 Å². The van der Waals surface area contributed by atoms with Crippen LogP contribution in [0.4, 0.5) is 0 Å². The molecular formula is C14H17ClN2O. The molecule has 2 aromatic rings. The zero-order chi connectivity index (χ0) is 13.1. The highest BCUT2D eigenvalue weighted by molar-refractivity contribution is 6.33. The molecule has 0 aliphatic carbocycles. The van der Waals surface area contributed by atoms with Gasteiger partial charge in [0.15, 0.2) is 0 Å². The molecule has 1 aromatic carbocycles. The van der Waals surface area contributed by atoms with Gasteiger partial charge in [-0.3, -0.25) is 0 Å². The van der Waals surface area contributed by atoms with Gasteiger partial charge in [-0.2, -0.15) is 0 Å². The predicted molar refractivity (Wildman–Crippen MR) is 73.3 cm³/mol. The van der Waals surface area contributed by atoms with Gasteiger partial charge in [0.05, 0.1) is 22.8 Å². The van der Waals surface area contributed by atoms with Gasteiger partial charge in [-0.1, -0.05) is 37.6 Å². The number of halogens is 1. The van der Waals surface area contributed by atoms with E-state index in [0.717, 1.165) is 12.0 Å². The summed E-state index contributed by atoms with van der Waals surface area (Å²) >= 11 is 6.10. The fourth-order valence-electron chi connectivity index (χ4n) is 1.84. The van der Waals surface area contributed by atoms with Crippen molar-refractivity contribution in [2.45, 2.75) is 26.3 Å². The summed E-state index contributed by atoms with van der Waals surface area (Å²) in [5, 5.41) is 0.628. The summed E-state index contributed by atoms with van der Waals surface area (Å²) in [5.41, 5.74) is 6.85. The number of oxazole rings is 1. The molecule has 2 N–H and O–H groups in total. The number of aromatic nitrogens is 1. The Bertz CT molecular complexity index is 522. The van der Waals surface area contributed by atoms with Crippen molar-refractivity contribution in [2.75, 3.05) is 0 Å². The first-order valence-corrected chi connectivity index (χ1v) is 6.42. The minimum atomic E-state index is -0.117. The second-order valence-corrected chi connectivity index (χ2v) is 5.19. The lowest BCUT2D eigenvalue weighted by Crippen LogP contribution is -2.11. The Balaban J connectivity index is 2.23. The molecule has 3 nitrogen and oxygen atoms in total. The van der Waals surface area contributed by atoms with E-state index in [4.69, 9.17) is 21.8 Å². The van der Waals surface area contributed by atoms with Crippen molar-refractivity contribution in [3.8, 4) is 11.5 Å². The molecule has 0 aliphatic heterocycles. The molecule has 0 aliphatic rings. The molecular weight excluding hydrogens is 248 g/mol. The van der Waals surface area contributed by atoms with Gasteiger partial charge >= 0.3 is 0 Å². The maximum atomic E-state index is 6.10. The average Bonchev–Trinajstić information content (AvgIpc) is 2.78. The number of hydrogen-bond donors (Lipinski definition) is 1. The van der Waals surface area contributed by atoms with E-state index in [0.29, 0.717) is 22.6 Å². The summed E-state index contributed by atoms with van der Waals surface area (Å²) in [6.07, 6.45) is 2.56. The molecule has 0 saturated carbocycles. The van der Waals surface area contributed by atoms with E-state index >= 15 is 0 Å². The average molecular weight is 265 g/mol. The molecule has 0 radical (unpaired) electrons. The highest BCUT2D eigenvalue weighted by Crippen LogP contribution is 2.29. The van der Waals surface area contributed by atoms with Gasteiger partial charge in [-0.25, -0.2) is 4.98 Å². The Hall–Kier alpha value is -1.32. The number of benzene rings is 1. The lowest BCUT2D eigenvalue weighted by atomic mass is 10.0. The summed E-state index contributed by atoms with van der Waals surface area (Å²) in [6, 6.07) is 7.36. The normalized spacial score (nSPS) is 12.9. The fourth-order valence-corrected chi connectivity index (χ4v) is 2.06. The maximum Gasteiger partial charge on any atom is 0.227 e. The number of rotatable bonds is 4. The van der Waals surface area contributed by atoms with E-state index in [1.54, 1.807) is 6.20 Å². The van der Waals surface area contributed by atoms with Gasteiger partial charge < -0.3 is 10.2 Å². The van der Waals surface area contributed by atoms with Gasteiger partial charge in [0.1, 0.15) is 5.76 Å². The zero-order valence-electron chi connectivity index (χ0n) is 10.6. The molecule has 4 heteroatoms. The summed E-state index contributed by atoms with van der Waals surface area (Å²) < 4.78 is 5.69. The molecule has 96 valence electrons. The summed E-state index contributed by atoms with van der Waals surface area (Å²) in [7, 11) is 0. The highest BCUT2D eigenvalue weighted by Gasteiger charge is 2.15. The van der Waals surface area contributed by atoms with Crippen molar-refractivity contribution in [1.82, 2.24) is 4.98 Å². The number of nitrogens with two attached hydrogens (primary N) is 1. The number of nitrogens with zero attached hydrogens (tertiary/aromatic N) is 1. The molecule has 0 fully saturated rings. The molecule has 0 spiro atoms. The van der Waals surface area contributed by atoms with Crippen LogP contribution >= 0.6 is 11.6 Å². The second kappa shape index (κ2) is 5.55. The van der Waals surface area contributed by atoms with Crippen LogP contribution in [-0.2, 0) is 0 Å². The van der Waals surface area contributed by atoms with Crippen LogP contribution in [0, 0.1) is 5.92 Å². The monoisotopic (exact) mass is 264 g/mol. The molecule has 0 bridgehead atoms. The van der Waals surface area contributed by atoms with Crippen LogP contribution in [0.2, 0.25) is 5.02 Å². The topological polar surface area (TPSA) is 52.0 Å². The van der Waals surface area contributed by atoms with Gasteiger partial charge in [-0.15, -0.1) is 0 Å². The molecule has 0 saturated heterocycles. The Morgan fingerprint density at radius 1 is 1.33 bits per heavy atom. The van der Waals surface area contributed by atoms with Gasteiger partial charge in [0.25, 0.3) is 0 Å². The first-order valence-electron chi connectivity index (χ1n) is 6.04. The minimum Gasteiger partial charge on any atom is -0.439 e. The van der Waals surface area contributed by atoms with Crippen molar-refractivity contribution in [2.24, 2.45) is 11.7 Å². The van der Waals surface area contributed by atoms with E-state index in [1.165, 1.54) is 0 Å². The first-order chi connectivity index (χ1) is 8.58. The van der Waals surface area contributed by atoms with Crippen LogP contribution in [0.5, 0.6) is 0 Å². The lowest BCUT2D eigenvalue weighted by Gasteiger charge is -2.10. The molecule has 0 amide bonds. The Morgan fingerprint density at radius 2 is 2.06 bits per heavy atom. The van der Waals surface area contributed by atoms with E-state index in [9.17, 15) is 0 Å². The molecule has 1 atom stereocenters. The molecule has 18 heavy (non-hydrogen) atoms. The van der Waals surface area contributed by atoms with Gasteiger partial charge in [0, 0.05) is 0 Å². The van der Waals surface area contributed by atoms with Crippen molar-refractivity contribution in [3.05, 3.63) is 41.2 Å². The van der Waals surface area contributed by atoms with Gasteiger partial charge in [0.2, 0.25) is 5.89 Å². The van der Waals surface area contributed by atoms with Crippen molar-refractivity contribution in [3.63, 3.8) is 0 Å². The van der Waals surface area contributed by atoms with Gasteiger partial charge in [-0.05, 0) is 24.5 Å². The standard InChI is InChI=1S/C14H17ClN2O/c1-9(2)7-12(16)13-8-17-14(18-13)10-5-3-4-6-11(10)15/h3-6,8-9,12H,7,16H2,1-2H3. The maximum absolute atomic E-state index is 6.10. The predicted octanol–water partition coefficient (Wildman–Crippen LogP) is 4.04. The smallest absolute Gasteiger partial charge is 0.227 e. The zero-order valence-corrected chi connectivity index (χ0v) is 11.3. The highest BCUT2D eigenvalue weighted by atomic mass is 35.5. The first kappa shape index (κ1) is 13.1. The SMILES string of the molecule is CC(C)CC(N)c1cnc(-c2ccccc2Cl)o1. The summed E-state index contributed by atoms with van der Waals surface area (Å²) in [4.78, 5) is 4.24. The quantitative estimate of drug-likeness (QED) is 0.907. The summed E-state index contributed by atoms with van der Waals surface area (Å²) in [5.74, 6) is 1.75. The van der Waals surface area contributed by atoms with Crippen molar-refractivity contribution < 1.29 is 4.42 Å². The van der Waals surface area contributed by atoms with E-state index < -0.39 is 0 Å². The molecule has 1 heterocycles. The van der Waals surface area contributed by atoms with Crippen LogP contribution in [0.15, 0.2) is 34.9 Å². The minimum absolute atomic E-state index is 0.117. The Labute approximate surface area is 112 Å².